The number of allylic oxidation sites excluding steroid dienone is 1. The average Bonchev–Trinajstić information content (AvgIpc) is 2.48. The van der Waals surface area contributed by atoms with Crippen molar-refractivity contribution in [3.63, 3.8) is 0 Å². The summed E-state index contributed by atoms with van der Waals surface area (Å²) in [7, 11) is 0. The lowest BCUT2D eigenvalue weighted by Crippen LogP contribution is -1.88. The largest absolute Gasteiger partial charge is 0.507 e. The van der Waals surface area contributed by atoms with Crippen LogP contribution >= 0.6 is 15.9 Å². The van der Waals surface area contributed by atoms with Gasteiger partial charge in [-0.05, 0) is 57.4 Å². The van der Waals surface area contributed by atoms with Gasteiger partial charge in [-0.1, -0.05) is 6.07 Å². The Morgan fingerprint density at radius 2 is 1.95 bits per heavy atom. The maximum Gasteiger partial charge on any atom is 0.269 e. The topological polar surface area (TPSA) is 87.2 Å². The predicted octanol–water partition coefficient (Wildman–Crippen LogP) is 4.13. The molecule has 0 spiro atoms. The highest BCUT2D eigenvalue weighted by Crippen LogP contribution is 2.27. The number of hydrogen-bond acceptors (Lipinski definition) is 4. The molecule has 0 aliphatic carbocycles. The summed E-state index contributed by atoms with van der Waals surface area (Å²) < 4.78 is 0.525. The monoisotopic (exact) mass is 344 g/mol. The third-order valence-electron chi connectivity index (χ3n) is 2.79. The van der Waals surface area contributed by atoms with Crippen molar-refractivity contribution in [3.8, 4) is 11.8 Å². The van der Waals surface area contributed by atoms with Gasteiger partial charge in [0, 0.05) is 12.1 Å². The first-order chi connectivity index (χ1) is 10.0. The van der Waals surface area contributed by atoms with Gasteiger partial charge in [0.2, 0.25) is 0 Å². The number of hydrogen-bond donors (Lipinski definition) is 1. The molecule has 0 saturated carbocycles. The molecule has 0 amide bonds. The van der Waals surface area contributed by atoms with Gasteiger partial charge in [0.1, 0.15) is 5.75 Å². The van der Waals surface area contributed by atoms with E-state index in [1.54, 1.807) is 18.2 Å². The Kier molecular flexibility index (Phi) is 4.36. The van der Waals surface area contributed by atoms with Gasteiger partial charge in [-0.2, -0.15) is 5.26 Å². The van der Waals surface area contributed by atoms with Crippen LogP contribution in [0.4, 0.5) is 5.69 Å². The second kappa shape index (κ2) is 6.20. The van der Waals surface area contributed by atoms with E-state index in [1.807, 2.05) is 0 Å². The van der Waals surface area contributed by atoms with Crippen molar-refractivity contribution in [2.45, 2.75) is 0 Å². The maximum absolute atomic E-state index is 10.6. The summed E-state index contributed by atoms with van der Waals surface area (Å²) in [6.45, 7) is 0. The summed E-state index contributed by atoms with van der Waals surface area (Å²) >= 11 is 3.20. The molecule has 0 unspecified atom stereocenters. The lowest BCUT2D eigenvalue weighted by Gasteiger charge is -2.02. The second-order valence-corrected chi connectivity index (χ2v) is 5.04. The summed E-state index contributed by atoms with van der Waals surface area (Å²) in [4.78, 5) is 10.1. The smallest absolute Gasteiger partial charge is 0.269 e. The third-order valence-corrected chi connectivity index (χ3v) is 3.43. The van der Waals surface area contributed by atoms with Crippen LogP contribution in [0.15, 0.2) is 46.9 Å². The highest BCUT2D eigenvalue weighted by molar-refractivity contribution is 9.10. The average molecular weight is 345 g/mol. The number of nitriles is 1. The van der Waals surface area contributed by atoms with E-state index in [1.165, 1.54) is 30.3 Å². The Morgan fingerprint density at radius 3 is 2.48 bits per heavy atom. The minimum atomic E-state index is -0.489. The van der Waals surface area contributed by atoms with E-state index in [9.17, 15) is 20.5 Å². The van der Waals surface area contributed by atoms with Gasteiger partial charge >= 0.3 is 0 Å². The number of aromatic hydroxyl groups is 1. The van der Waals surface area contributed by atoms with Crippen molar-refractivity contribution in [1.29, 1.82) is 5.26 Å². The number of nitrogens with zero attached hydrogens (tertiary/aromatic N) is 2. The molecule has 21 heavy (non-hydrogen) atoms. The minimum absolute atomic E-state index is 0.0246. The number of phenolic OH excluding ortho intramolecular Hbond substituents is 1. The Labute approximate surface area is 129 Å². The molecule has 6 heteroatoms. The van der Waals surface area contributed by atoms with Crippen molar-refractivity contribution in [2.24, 2.45) is 0 Å². The van der Waals surface area contributed by atoms with Crippen LogP contribution in [0, 0.1) is 21.4 Å². The molecule has 104 valence electrons. The maximum atomic E-state index is 10.6. The fraction of sp³-hybridized carbons (Fsp3) is 0. The van der Waals surface area contributed by atoms with Gasteiger partial charge in [-0.3, -0.25) is 10.1 Å². The van der Waals surface area contributed by atoms with Crippen molar-refractivity contribution in [1.82, 2.24) is 0 Å². The van der Waals surface area contributed by atoms with Crippen molar-refractivity contribution >= 4 is 33.3 Å². The number of nitro groups is 1. The molecule has 0 aliphatic heterocycles. The van der Waals surface area contributed by atoms with E-state index in [2.05, 4.69) is 22.0 Å². The molecule has 0 aromatic heterocycles. The quantitative estimate of drug-likeness (QED) is 0.392. The van der Waals surface area contributed by atoms with Crippen LogP contribution < -0.4 is 0 Å². The van der Waals surface area contributed by atoms with Gasteiger partial charge < -0.3 is 5.11 Å². The fourth-order valence-electron chi connectivity index (χ4n) is 1.72. The number of benzene rings is 2. The first kappa shape index (κ1) is 14.8. The van der Waals surface area contributed by atoms with Gasteiger partial charge in [0.05, 0.1) is 21.0 Å². The van der Waals surface area contributed by atoms with Gasteiger partial charge in [0.25, 0.3) is 5.69 Å². The molecule has 2 aromatic carbocycles. The van der Waals surface area contributed by atoms with Crippen LogP contribution in [0.3, 0.4) is 0 Å². The summed E-state index contributed by atoms with van der Waals surface area (Å²) in [5.74, 6) is 0.112. The normalized spacial score (nSPS) is 11.0. The van der Waals surface area contributed by atoms with Crippen LogP contribution in [0.25, 0.3) is 11.6 Å². The van der Waals surface area contributed by atoms with E-state index < -0.39 is 4.92 Å². The van der Waals surface area contributed by atoms with Crippen LogP contribution in [0.5, 0.6) is 5.75 Å². The summed E-state index contributed by atoms with van der Waals surface area (Å²) in [5.41, 5.74) is 1.67. The molecule has 0 radical (unpaired) electrons. The zero-order valence-electron chi connectivity index (χ0n) is 10.7. The molecular weight excluding hydrogens is 336 g/mol. The molecule has 0 atom stereocenters. The predicted molar refractivity (Wildman–Crippen MR) is 82.4 cm³/mol. The first-order valence-electron chi connectivity index (χ1n) is 5.86. The fourth-order valence-corrected chi connectivity index (χ4v) is 2.12. The zero-order chi connectivity index (χ0) is 15.4. The Morgan fingerprint density at radius 1 is 1.29 bits per heavy atom. The first-order valence-corrected chi connectivity index (χ1v) is 6.65. The number of non-ortho nitro benzene ring substituents is 1. The molecule has 0 fully saturated rings. The number of phenols is 1. The SMILES string of the molecule is N#C/C(=C/c1ccc(O)c(Br)c1)c1ccc([N+](=O)[O-])cc1. The summed E-state index contributed by atoms with van der Waals surface area (Å²) in [6, 6.07) is 12.7. The van der Waals surface area contributed by atoms with Gasteiger partial charge in [-0.25, -0.2) is 0 Å². The lowest BCUT2D eigenvalue weighted by molar-refractivity contribution is -0.384. The van der Waals surface area contributed by atoms with Crippen LogP contribution in [0.2, 0.25) is 0 Å². The van der Waals surface area contributed by atoms with Crippen LogP contribution in [-0.4, -0.2) is 10.0 Å². The molecule has 0 heterocycles. The zero-order valence-corrected chi connectivity index (χ0v) is 12.2. The highest BCUT2D eigenvalue weighted by Gasteiger charge is 2.07. The van der Waals surface area contributed by atoms with Crippen molar-refractivity contribution in [2.75, 3.05) is 0 Å². The Balaban J connectivity index is 2.39. The standard InChI is InChI=1S/C15H9BrN2O3/c16-14-8-10(1-6-15(14)19)7-12(9-17)11-2-4-13(5-3-11)18(20)21/h1-8,19H/b12-7-. The number of halogens is 1. The Bertz CT molecular complexity index is 761. The molecule has 2 aromatic rings. The molecule has 5 nitrogen and oxygen atoms in total. The van der Waals surface area contributed by atoms with Gasteiger partial charge in [0.15, 0.2) is 0 Å². The van der Waals surface area contributed by atoms with E-state index in [0.717, 1.165) is 5.56 Å². The Hall–Kier alpha value is -2.65. The third kappa shape index (κ3) is 3.46. The number of nitro benzene ring substituents is 1. The van der Waals surface area contributed by atoms with Crippen molar-refractivity contribution in [3.05, 3.63) is 68.2 Å². The highest BCUT2D eigenvalue weighted by atomic mass is 79.9. The molecule has 0 bridgehead atoms. The van der Waals surface area contributed by atoms with E-state index >= 15 is 0 Å². The minimum Gasteiger partial charge on any atom is -0.507 e. The van der Waals surface area contributed by atoms with Crippen LogP contribution in [-0.2, 0) is 0 Å². The van der Waals surface area contributed by atoms with Crippen molar-refractivity contribution < 1.29 is 10.0 Å². The second-order valence-electron chi connectivity index (χ2n) is 4.18. The van der Waals surface area contributed by atoms with E-state index in [4.69, 9.17) is 0 Å². The molecule has 2 rings (SSSR count). The molecule has 0 aliphatic rings. The molecule has 1 N–H and O–H groups in total. The summed E-state index contributed by atoms with van der Waals surface area (Å²) in [6.07, 6.45) is 1.64. The summed E-state index contributed by atoms with van der Waals surface area (Å²) in [5, 5.41) is 29.3. The lowest BCUT2D eigenvalue weighted by atomic mass is 10.0. The molecular formula is C15H9BrN2O3. The van der Waals surface area contributed by atoms with E-state index in [-0.39, 0.29) is 11.4 Å². The number of rotatable bonds is 3. The van der Waals surface area contributed by atoms with Gasteiger partial charge in [-0.15, -0.1) is 0 Å². The molecule has 0 saturated heterocycles. The van der Waals surface area contributed by atoms with Crippen LogP contribution in [0.1, 0.15) is 11.1 Å². The van der Waals surface area contributed by atoms with E-state index in [0.29, 0.717) is 15.6 Å².